The lowest BCUT2D eigenvalue weighted by atomic mass is 9.67. The molecule has 1 aromatic rings. The Morgan fingerprint density at radius 3 is 2.59 bits per heavy atom. The van der Waals surface area contributed by atoms with Gasteiger partial charge in [-0.3, -0.25) is 15.5 Å². The summed E-state index contributed by atoms with van der Waals surface area (Å²) in [5.74, 6) is 3.51. The molecule has 8 nitrogen and oxygen atoms in total. The fourth-order valence-corrected chi connectivity index (χ4v) is 7.69. The van der Waals surface area contributed by atoms with Crippen LogP contribution in [0.1, 0.15) is 65.2 Å². The largest absolute Gasteiger partial charge is 0.366 e. The van der Waals surface area contributed by atoms with Crippen LogP contribution in [0.3, 0.4) is 0 Å². The van der Waals surface area contributed by atoms with Gasteiger partial charge < -0.3 is 24.5 Å². The fraction of sp³-hybridized carbons (Fsp3) is 0.862. The average Bonchev–Trinajstić information content (AvgIpc) is 3.69. The molecule has 3 heterocycles. The molecule has 2 saturated carbocycles. The molecule has 1 amide bonds. The number of carbonyl (C=O) groups is 1. The second-order valence-electron chi connectivity index (χ2n) is 13.0. The number of carbonyl (C=O) groups excluding carboxylic acids is 1. The number of rotatable bonds is 8. The molecule has 0 aromatic carbocycles. The summed E-state index contributed by atoms with van der Waals surface area (Å²) in [7, 11) is 3.74. The topological polar surface area (TPSA) is 96.1 Å². The summed E-state index contributed by atoms with van der Waals surface area (Å²) >= 11 is 0. The Hall–Kier alpha value is -1.64. The van der Waals surface area contributed by atoms with E-state index in [0.717, 1.165) is 57.7 Å². The van der Waals surface area contributed by atoms with Crippen molar-refractivity contribution < 1.29 is 9.53 Å². The number of piperidine rings is 2. The van der Waals surface area contributed by atoms with Gasteiger partial charge in [0, 0.05) is 63.6 Å². The Morgan fingerprint density at radius 1 is 1.11 bits per heavy atom. The first kappa shape index (κ1) is 26.9. The Bertz CT molecular complexity index is 970. The normalized spacial score (nSPS) is 37.7. The standard InChI is InChI=1S/C29H50N6O2/c1-18-7-8-31-25(12-18)26(21-5-6-21)33-27(36)23-14-20(17-35-10-9-34(3)29(35)30)13-22(15-23)24-11-19(2)16-32-28(24)37-4/h9-10,18-26,28,30-32H,5-8,11-17H2,1-4H3,(H,33,36). The number of amides is 1. The highest BCUT2D eigenvalue weighted by Gasteiger charge is 2.44. The smallest absolute Gasteiger partial charge is 0.223 e. The van der Waals surface area contributed by atoms with Crippen LogP contribution >= 0.6 is 0 Å². The molecule has 0 bridgehead atoms. The van der Waals surface area contributed by atoms with E-state index in [1.807, 2.05) is 31.1 Å². The van der Waals surface area contributed by atoms with Gasteiger partial charge in [-0.1, -0.05) is 13.8 Å². The molecule has 9 unspecified atom stereocenters. The lowest BCUT2D eigenvalue weighted by Crippen LogP contribution is -2.56. The van der Waals surface area contributed by atoms with Gasteiger partial charge in [-0.15, -0.1) is 0 Å². The molecule has 5 rings (SSSR count). The molecular formula is C29H50N6O2. The number of nitrogens with zero attached hydrogens (tertiary/aromatic N) is 2. The van der Waals surface area contributed by atoms with Crippen LogP contribution < -0.4 is 21.6 Å². The maximum absolute atomic E-state index is 13.9. The molecule has 2 aliphatic heterocycles. The zero-order valence-electron chi connectivity index (χ0n) is 23.4. The molecule has 8 heteroatoms. The lowest BCUT2D eigenvalue weighted by Gasteiger charge is -2.44. The molecule has 4 aliphatic rings. The third-order valence-electron chi connectivity index (χ3n) is 9.91. The van der Waals surface area contributed by atoms with Crippen molar-refractivity contribution in [3.63, 3.8) is 0 Å². The molecule has 2 aliphatic carbocycles. The number of aryl methyl sites for hydroxylation is 1. The molecule has 37 heavy (non-hydrogen) atoms. The third-order valence-corrected chi connectivity index (χ3v) is 9.91. The summed E-state index contributed by atoms with van der Waals surface area (Å²) < 4.78 is 9.82. The van der Waals surface area contributed by atoms with E-state index in [2.05, 4.69) is 34.4 Å². The highest BCUT2D eigenvalue weighted by Crippen LogP contribution is 2.43. The number of methoxy groups -OCH3 is 1. The fourth-order valence-electron chi connectivity index (χ4n) is 7.69. The van der Waals surface area contributed by atoms with Gasteiger partial charge in [0.05, 0.1) is 0 Å². The summed E-state index contributed by atoms with van der Waals surface area (Å²) in [4.78, 5) is 13.9. The Morgan fingerprint density at radius 2 is 1.92 bits per heavy atom. The molecule has 4 fully saturated rings. The van der Waals surface area contributed by atoms with Crippen LogP contribution in [0, 0.1) is 46.8 Å². The average molecular weight is 515 g/mol. The first-order valence-electron chi connectivity index (χ1n) is 14.9. The molecule has 0 radical (unpaired) electrons. The summed E-state index contributed by atoms with van der Waals surface area (Å²) in [6.45, 7) is 7.53. The maximum atomic E-state index is 13.9. The van der Waals surface area contributed by atoms with Crippen LogP contribution in [0.4, 0.5) is 0 Å². The van der Waals surface area contributed by atoms with E-state index in [-0.39, 0.29) is 24.1 Å². The van der Waals surface area contributed by atoms with Gasteiger partial charge in [0.2, 0.25) is 11.5 Å². The second-order valence-corrected chi connectivity index (χ2v) is 13.0. The highest BCUT2D eigenvalue weighted by molar-refractivity contribution is 5.79. The minimum atomic E-state index is 0.0271. The first-order chi connectivity index (χ1) is 17.8. The van der Waals surface area contributed by atoms with Crippen molar-refractivity contribution in [2.24, 2.45) is 48.5 Å². The summed E-state index contributed by atoms with van der Waals surface area (Å²) in [6.07, 6.45) is 13.0. The number of nitrogens with one attached hydrogen (secondary N) is 4. The van der Waals surface area contributed by atoms with Gasteiger partial charge in [0.1, 0.15) is 6.23 Å². The zero-order valence-corrected chi connectivity index (χ0v) is 23.4. The van der Waals surface area contributed by atoms with Crippen LogP contribution in [0.5, 0.6) is 0 Å². The van der Waals surface area contributed by atoms with E-state index in [9.17, 15) is 4.79 Å². The van der Waals surface area contributed by atoms with Crippen molar-refractivity contribution in [1.82, 2.24) is 25.1 Å². The van der Waals surface area contributed by atoms with Gasteiger partial charge in [0.15, 0.2) is 0 Å². The van der Waals surface area contributed by atoms with Crippen molar-refractivity contribution in [1.29, 1.82) is 5.41 Å². The van der Waals surface area contributed by atoms with E-state index in [4.69, 9.17) is 10.1 Å². The summed E-state index contributed by atoms with van der Waals surface area (Å²) in [5, 5.41) is 19.4. The predicted octanol–water partition coefficient (Wildman–Crippen LogP) is 2.84. The highest BCUT2D eigenvalue weighted by atomic mass is 16.5. The molecule has 2 saturated heterocycles. The monoisotopic (exact) mass is 514 g/mol. The van der Waals surface area contributed by atoms with Crippen LogP contribution in [0.25, 0.3) is 0 Å². The van der Waals surface area contributed by atoms with Gasteiger partial charge in [-0.05, 0) is 87.5 Å². The molecule has 1 aromatic heterocycles. The van der Waals surface area contributed by atoms with Crippen molar-refractivity contribution in [3.8, 4) is 0 Å². The van der Waals surface area contributed by atoms with E-state index >= 15 is 0 Å². The second kappa shape index (κ2) is 11.6. The SMILES string of the molecule is COC1NCC(C)CC1C1CC(Cn2ccn(C)c2=N)CC(C(=O)NC(C2CC2)C2CC(C)CCN2)C1. The molecule has 208 valence electrons. The Labute approximate surface area is 222 Å². The van der Waals surface area contributed by atoms with Crippen molar-refractivity contribution in [2.75, 3.05) is 20.2 Å². The minimum absolute atomic E-state index is 0.0271. The van der Waals surface area contributed by atoms with Crippen LogP contribution in [-0.4, -0.2) is 53.6 Å². The van der Waals surface area contributed by atoms with Crippen LogP contribution in [0.2, 0.25) is 0 Å². The molecule has 4 N–H and O–H groups in total. The van der Waals surface area contributed by atoms with Crippen molar-refractivity contribution in [3.05, 3.63) is 18.0 Å². The molecule has 0 spiro atoms. The van der Waals surface area contributed by atoms with Gasteiger partial charge in [-0.25, -0.2) is 0 Å². The van der Waals surface area contributed by atoms with Crippen LogP contribution in [0.15, 0.2) is 12.4 Å². The molecular weight excluding hydrogens is 464 g/mol. The number of hydrogen-bond donors (Lipinski definition) is 4. The first-order valence-corrected chi connectivity index (χ1v) is 14.9. The van der Waals surface area contributed by atoms with Gasteiger partial charge in [-0.2, -0.15) is 0 Å². The zero-order chi connectivity index (χ0) is 26.1. The van der Waals surface area contributed by atoms with E-state index in [1.54, 1.807) is 0 Å². The number of ether oxygens (including phenoxy) is 1. The quantitative estimate of drug-likeness (QED) is 0.429. The molecule has 9 atom stereocenters. The van der Waals surface area contributed by atoms with E-state index in [0.29, 0.717) is 41.2 Å². The lowest BCUT2D eigenvalue weighted by molar-refractivity contribution is -0.130. The van der Waals surface area contributed by atoms with Gasteiger partial charge >= 0.3 is 0 Å². The predicted molar refractivity (Wildman–Crippen MR) is 144 cm³/mol. The number of hydrogen-bond acceptors (Lipinski definition) is 5. The van der Waals surface area contributed by atoms with Crippen molar-refractivity contribution >= 4 is 5.91 Å². The van der Waals surface area contributed by atoms with Crippen molar-refractivity contribution in [2.45, 2.75) is 90.1 Å². The number of imidazole rings is 1. The van der Waals surface area contributed by atoms with E-state index < -0.39 is 0 Å². The Balaban J connectivity index is 1.33. The van der Waals surface area contributed by atoms with Crippen LogP contribution in [-0.2, 0) is 23.1 Å². The third kappa shape index (κ3) is 6.34. The van der Waals surface area contributed by atoms with Gasteiger partial charge in [0.25, 0.3) is 0 Å². The number of aromatic nitrogens is 2. The summed E-state index contributed by atoms with van der Waals surface area (Å²) in [6, 6.07) is 0.669. The maximum Gasteiger partial charge on any atom is 0.223 e. The summed E-state index contributed by atoms with van der Waals surface area (Å²) in [5.41, 5.74) is 0.525. The van der Waals surface area contributed by atoms with E-state index in [1.165, 1.54) is 19.3 Å². The minimum Gasteiger partial charge on any atom is -0.366 e. The Kier molecular flexibility index (Phi) is 8.46.